The number of aromatic amines is 1. The highest BCUT2D eigenvalue weighted by Crippen LogP contribution is 2.27. The van der Waals surface area contributed by atoms with E-state index in [9.17, 15) is 18.0 Å². The highest BCUT2D eigenvalue weighted by molar-refractivity contribution is 9.10. The summed E-state index contributed by atoms with van der Waals surface area (Å²) in [5, 5.41) is 11.4. The lowest BCUT2D eigenvalue weighted by molar-refractivity contribution is -0.192. The maximum Gasteiger partial charge on any atom is 0.490 e. The predicted molar refractivity (Wildman–Crippen MR) is 111 cm³/mol. The number of aliphatic carboxylic acids is 1. The van der Waals surface area contributed by atoms with Crippen molar-refractivity contribution < 1.29 is 23.1 Å². The Morgan fingerprint density at radius 1 is 1.27 bits per heavy atom. The van der Waals surface area contributed by atoms with E-state index in [0.29, 0.717) is 12.4 Å². The molecule has 160 valence electrons. The highest BCUT2D eigenvalue weighted by Gasteiger charge is 2.38. The van der Waals surface area contributed by atoms with Gasteiger partial charge in [-0.2, -0.15) is 13.2 Å². The van der Waals surface area contributed by atoms with Gasteiger partial charge in [0.25, 0.3) is 5.56 Å². The number of benzene rings is 1. The summed E-state index contributed by atoms with van der Waals surface area (Å²) in [5.74, 6) is -2.32. The van der Waals surface area contributed by atoms with Crippen molar-refractivity contribution in [2.24, 2.45) is 0 Å². The van der Waals surface area contributed by atoms with Crippen molar-refractivity contribution in [3.05, 3.63) is 62.0 Å². The number of aryl methyl sites for hydroxylation is 2. The predicted octanol–water partition coefficient (Wildman–Crippen LogP) is 4.13. The second-order valence-corrected chi connectivity index (χ2v) is 7.27. The van der Waals surface area contributed by atoms with Gasteiger partial charge in [-0.25, -0.2) is 9.78 Å². The van der Waals surface area contributed by atoms with Crippen LogP contribution in [0.2, 0.25) is 0 Å². The molecule has 0 fully saturated rings. The minimum absolute atomic E-state index is 0.0657. The van der Waals surface area contributed by atoms with Gasteiger partial charge in [-0.05, 0) is 43.7 Å². The lowest BCUT2D eigenvalue weighted by Gasteiger charge is -2.12. The van der Waals surface area contributed by atoms with Crippen molar-refractivity contribution in [1.82, 2.24) is 9.97 Å². The number of fused-ring (bicyclic) bond motifs is 1. The van der Waals surface area contributed by atoms with Crippen LogP contribution in [0, 0.1) is 13.8 Å². The maximum absolute atomic E-state index is 12.1. The number of carboxylic acid groups (broad SMARTS) is 1. The summed E-state index contributed by atoms with van der Waals surface area (Å²) in [4.78, 5) is 28.2. The summed E-state index contributed by atoms with van der Waals surface area (Å²) in [6.07, 6.45) is -5.08. The Bertz CT molecular complexity index is 1140. The van der Waals surface area contributed by atoms with E-state index < -0.39 is 12.1 Å². The van der Waals surface area contributed by atoms with Crippen molar-refractivity contribution in [3.8, 4) is 0 Å². The van der Waals surface area contributed by atoms with E-state index >= 15 is 0 Å². The Kier molecular flexibility index (Phi) is 7.08. The second kappa shape index (κ2) is 9.16. The average molecular weight is 487 g/mol. The van der Waals surface area contributed by atoms with E-state index in [-0.39, 0.29) is 5.56 Å². The Morgan fingerprint density at radius 2 is 1.90 bits per heavy atom. The number of hydrogen-bond donors (Lipinski definition) is 4. The number of halogens is 4. The zero-order valence-electron chi connectivity index (χ0n) is 15.9. The summed E-state index contributed by atoms with van der Waals surface area (Å²) in [6, 6.07) is 9.60. The number of nitrogens with two attached hydrogens (primary N) is 1. The third-order valence-corrected chi connectivity index (χ3v) is 4.48. The van der Waals surface area contributed by atoms with Crippen LogP contribution in [0.1, 0.15) is 16.8 Å². The molecule has 2 heterocycles. The van der Waals surface area contributed by atoms with Crippen LogP contribution in [0.5, 0.6) is 0 Å². The van der Waals surface area contributed by atoms with E-state index in [1.165, 1.54) is 0 Å². The van der Waals surface area contributed by atoms with Crippen molar-refractivity contribution in [1.29, 1.82) is 0 Å². The van der Waals surface area contributed by atoms with Gasteiger partial charge in [0, 0.05) is 39.4 Å². The molecule has 30 heavy (non-hydrogen) atoms. The zero-order chi connectivity index (χ0) is 22.6. The average Bonchev–Trinajstić information content (AvgIpc) is 2.59. The van der Waals surface area contributed by atoms with Gasteiger partial charge in [-0.3, -0.25) is 4.79 Å². The number of nitrogens with one attached hydrogen (secondary N) is 2. The number of aromatic nitrogens is 2. The van der Waals surface area contributed by atoms with Gasteiger partial charge in [-0.1, -0.05) is 15.9 Å². The van der Waals surface area contributed by atoms with Crippen LogP contribution < -0.4 is 16.6 Å². The molecule has 0 aliphatic heterocycles. The maximum atomic E-state index is 12.1. The fourth-order valence-electron chi connectivity index (χ4n) is 2.65. The molecule has 0 aliphatic carbocycles. The molecule has 5 N–H and O–H groups in total. The van der Waals surface area contributed by atoms with E-state index in [2.05, 4.69) is 31.2 Å². The van der Waals surface area contributed by atoms with E-state index in [4.69, 9.17) is 15.6 Å². The molecule has 0 aliphatic rings. The summed E-state index contributed by atoms with van der Waals surface area (Å²) >= 11 is 3.44. The van der Waals surface area contributed by atoms with Crippen LogP contribution in [0.15, 0.2) is 39.6 Å². The van der Waals surface area contributed by atoms with Gasteiger partial charge in [-0.15, -0.1) is 0 Å². The Labute approximate surface area is 177 Å². The summed E-state index contributed by atoms with van der Waals surface area (Å²) < 4.78 is 32.7. The van der Waals surface area contributed by atoms with Crippen LogP contribution in [0.25, 0.3) is 10.9 Å². The van der Waals surface area contributed by atoms with Crippen molar-refractivity contribution in [3.63, 3.8) is 0 Å². The normalized spacial score (nSPS) is 11.0. The van der Waals surface area contributed by atoms with Gasteiger partial charge in [0.1, 0.15) is 5.82 Å². The molecule has 0 atom stereocenters. The minimum atomic E-state index is -5.08. The molecular formula is C19H18BrF3N4O3. The number of carbonyl (C=O) groups is 1. The fourth-order valence-corrected chi connectivity index (χ4v) is 3.00. The monoisotopic (exact) mass is 486 g/mol. The molecule has 7 nitrogen and oxygen atoms in total. The third-order valence-electron chi connectivity index (χ3n) is 3.98. The summed E-state index contributed by atoms with van der Waals surface area (Å²) in [6.45, 7) is 4.24. The zero-order valence-corrected chi connectivity index (χ0v) is 17.5. The number of carboxylic acids is 1. The first-order chi connectivity index (χ1) is 13.9. The number of pyridine rings is 2. The van der Waals surface area contributed by atoms with Crippen LogP contribution in [0.3, 0.4) is 0 Å². The summed E-state index contributed by atoms with van der Waals surface area (Å²) in [5.41, 5.74) is 10.0. The molecule has 0 saturated carbocycles. The number of nitrogens with zero attached hydrogens (tertiary/aromatic N) is 1. The Hall–Kier alpha value is -3.08. The van der Waals surface area contributed by atoms with Gasteiger partial charge in [0.2, 0.25) is 0 Å². The third kappa shape index (κ3) is 5.96. The van der Waals surface area contributed by atoms with E-state index in [1.807, 2.05) is 38.1 Å². The molecule has 3 aromatic rings. The SMILES string of the molecule is Cc1cc(C)c(CNc2cc(N)nc3cc(Br)ccc23)c(=O)[nH]1.O=C(O)C(F)(F)F. The lowest BCUT2D eigenvalue weighted by Crippen LogP contribution is -2.21. The van der Waals surface area contributed by atoms with Gasteiger partial charge < -0.3 is 21.1 Å². The first-order valence-corrected chi connectivity index (χ1v) is 9.27. The van der Waals surface area contributed by atoms with Crippen LogP contribution in [0.4, 0.5) is 24.7 Å². The van der Waals surface area contributed by atoms with E-state index in [0.717, 1.165) is 37.9 Å². The molecule has 0 bridgehead atoms. The van der Waals surface area contributed by atoms with E-state index in [1.54, 1.807) is 6.07 Å². The molecule has 0 spiro atoms. The molecule has 3 rings (SSSR count). The molecule has 0 saturated heterocycles. The minimum Gasteiger partial charge on any atom is -0.475 e. The van der Waals surface area contributed by atoms with Crippen LogP contribution in [-0.2, 0) is 11.3 Å². The topological polar surface area (TPSA) is 121 Å². The quantitative estimate of drug-likeness (QED) is 0.441. The van der Waals surface area contributed by atoms with Crippen molar-refractivity contribution >= 4 is 44.3 Å². The molecule has 11 heteroatoms. The fraction of sp³-hybridized carbons (Fsp3) is 0.211. The number of H-pyrrole nitrogens is 1. The number of anilines is 2. The molecule has 0 unspecified atom stereocenters. The largest absolute Gasteiger partial charge is 0.490 e. The van der Waals surface area contributed by atoms with Gasteiger partial charge in [0.15, 0.2) is 0 Å². The van der Waals surface area contributed by atoms with Crippen LogP contribution >= 0.6 is 15.9 Å². The van der Waals surface area contributed by atoms with Gasteiger partial charge >= 0.3 is 12.1 Å². The molecular weight excluding hydrogens is 469 g/mol. The summed E-state index contributed by atoms with van der Waals surface area (Å²) in [7, 11) is 0. The van der Waals surface area contributed by atoms with Crippen LogP contribution in [-0.4, -0.2) is 27.2 Å². The number of alkyl halides is 3. The smallest absolute Gasteiger partial charge is 0.475 e. The number of rotatable bonds is 3. The number of hydrogen-bond acceptors (Lipinski definition) is 5. The molecule has 0 radical (unpaired) electrons. The molecule has 0 amide bonds. The van der Waals surface area contributed by atoms with Crippen molar-refractivity contribution in [2.75, 3.05) is 11.1 Å². The number of nitrogen functional groups attached to an aromatic ring is 1. The lowest BCUT2D eigenvalue weighted by atomic mass is 10.1. The molecule has 2 aromatic heterocycles. The first kappa shape index (κ1) is 23.2. The first-order valence-electron chi connectivity index (χ1n) is 8.47. The highest BCUT2D eigenvalue weighted by atomic mass is 79.9. The Morgan fingerprint density at radius 3 is 2.47 bits per heavy atom. The van der Waals surface area contributed by atoms with Crippen molar-refractivity contribution in [2.45, 2.75) is 26.6 Å². The second-order valence-electron chi connectivity index (χ2n) is 6.36. The van der Waals surface area contributed by atoms with Gasteiger partial charge in [0.05, 0.1) is 5.52 Å². The Balaban J connectivity index is 0.000000396. The molecule has 1 aromatic carbocycles. The standard InChI is InChI=1S/C17H17BrN4O.C2HF3O2/c1-9-5-10(2)21-17(23)13(9)8-20-14-7-16(19)22-15-6-11(18)3-4-12(14)15;3-2(4,5)1(6)7/h3-7H,8H2,1-2H3,(H,21,23)(H3,19,20,22);(H,6,7).